The van der Waals surface area contributed by atoms with Crippen molar-refractivity contribution in [1.29, 1.82) is 0 Å². The van der Waals surface area contributed by atoms with Crippen LogP contribution in [0.3, 0.4) is 0 Å². The van der Waals surface area contributed by atoms with Gasteiger partial charge < -0.3 is 0 Å². The summed E-state index contributed by atoms with van der Waals surface area (Å²) in [4.78, 5) is 0. The van der Waals surface area contributed by atoms with Gasteiger partial charge in [-0.15, -0.1) is 0 Å². The van der Waals surface area contributed by atoms with Crippen molar-refractivity contribution in [3.05, 3.63) is 58.7 Å². The third kappa shape index (κ3) is 3.39. The van der Waals surface area contributed by atoms with Crippen molar-refractivity contribution in [1.82, 2.24) is 0 Å². The SMILES string of the molecule is C/C=C\C(=C\C)Cc1ccc(C)c(C)c1. The molecule has 0 fully saturated rings. The molecular weight excluding hydrogens is 180 g/mol. The number of aryl methyl sites for hydroxylation is 2. The minimum atomic E-state index is 1.03. The standard InChI is InChI=1S/C15H20/c1-5-7-14(6-2)11-15-9-8-12(3)13(4)10-15/h5-10H,11H2,1-4H3/b7-5-,14-6-. The number of hydrogen-bond donors (Lipinski definition) is 0. The average Bonchev–Trinajstić information content (AvgIpc) is 2.23. The molecule has 0 amide bonds. The zero-order chi connectivity index (χ0) is 11.3. The highest BCUT2D eigenvalue weighted by molar-refractivity contribution is 5.34. The minimum absolute atomic E-state index is 1.03. The topological polar surface area (TPSA) is 0 Å². The molecule has 15 heavy (non-hydrogen) atoms. The van der Waals surface area contributed by atoms with E-state index in [1.807, 2.05) is 0 Å². The van der Waals surface area contributed by atoms with E-state index in [-0.39, 0.29) is 0 Å². The molecule has 0 bridgehead atoms. The molecule has 0 radical (unpaired) electrons. The molecule has 1 aromatic rings. The number of allylic oxidation sites excluding steroid dienone is 4. The molecule has 0 spiro atoms. The van der Waals surface area contributed by atoms with E-state index in [1.54, 1.807) is 0 Å². The summed E-state index contributed by atoms with van der Waals surface area (Å²) in [7, 11) is 0. The van der Waals surface area contributed by atoms with E-state index >= 15 is 0 Å². The third-order valence-corrected chi connectivity index (χ3v) is 2.73. The van der Waals surface area contributed by atoms with Gasteiger partial charge in [-0.2, -0.15) is 0 Å². The van der Waals surface area contributed by atoms with E-state index in [0.717, 1.165) is 6.42 Å². The van der Waals surface area contributed by atoms with Gasteiger partial charge in [-0.1, -0.05) is 36.4 Å². The quantitative estimate of drug-likeness (QED) is 0.636. The van der Waals surface area contributed by atoms with Gasteiger partial charge in [0.25, 0.3) is 0 Å². The van der Waals surface area contributed by atoms with Gasteiger partial charge in [-0.05, 0) is 56.4 Å². The molecule has 0 heteroatoms. The Kier molecular flexibility index (Phi) is 4.36. The fraction of sp³-hybridized carbons (Fsp3) is 0.333. The van der Waals surface area contributed by atoms with Crippen LogP contribution in [0.15, 0.2) is 42.0 Å². The molecule has 0 saturated heterocycles. The lowest BCUT2D eigenvalue weighted by Gasteiger charge is -2.05. The maximum Gasteiger partial charge on any atom is -0.00291 e. The van der Waals surface area contributed by atoms with Crippen molar-refractivity contribution < 1.29 is 0 Å². The summed E-state index contributed by atoms with van der Waals surface area (Å²) < 4.78 is 0. The van der Waals surface area contributed by atoms with Crippen LogP contribution in [-0.2, 0) is 6.42 Å². The first-order valence-corrected chi connectivity index (χ1v) is 5.51. The van der Waals surface area contributed by atoms with Crippen molar-refractivity contribution in [3.8, 4) is 0 Å². The zero-order valence-corrected chi connectivity index (χ0v) is 10.2. The summed E-state index contributed by atoms with van der Waals surface area (Å²) in [5.41, 5.74) is 5.51. The maximum absolute atomic E-state index is 2.28. The van der Waals surface area contributed by atoms with Crippen LogP contribution in [0.4, 0.5) is 0 Å². The van der Waals surface area contributed by atoms with Crippen molar-refractivity contribution in [2.24, 2.45) is 0 Å². The molecule has 0 unspecified atom stereocenters. The van der Waals surface area contributed by atoms with Crippen molar-refractivity contribution in [3.63, 3.8) is 0 Å². The summed E-state index contributed by atoms with van der Waals surface area (Å²) >= 11 is 0. The summed E-state index contributed by atoms with van der Waals surface area (Å²) in [6.45, 7) is 8.48. The Morgan fingerprint density at radius 2 is 1.87 bits per heavy atom. The second-order valence-electron chi connectivity index (χ2n) is 3.96. The van der Waals surface area contributed by atoms with Gasteiger partial charge in [0.15, 0.2) is 0 Å². The van der Waals surface area contributed by atoms with Gasteiger partial charge >= 0.3 is 0 Å². The Labute approximate surface area is 93.3 Å². The maximum atomic E-state index is 2.28. The molecule has 1 rings (SSSR count). The second kappa shape index (κ2) is 5.55. The average molecular weight is 200 g/mol. The van der Waals surface area contributed by atoms with Gasteiger partial charge in [0, 0.05) is 0 Å². The molecule has 0 nitrogen and oxygen atoms in total. The molecule has 0 saturated carbocycles. The number of benzene rings is 1. The molecule has 0 atom stereocenters. The Balaban J connectivity index is 2.85. The molecule has 80 valence electrons. The van der Waals surface area contributed by atoms with Gasteiger partial charge in [0.1, 0.15) is 0 Å². The largest absolute Gasteiger partial charge is 0.0874 e. The first kappa shape index (κ1) is 11.8. The van der Waals surface area contributed by atoms with Crippen LogP contribution in [-0.4, -0.2) is 0 Å². The van der Waals surface area contributed by atoms with Gasteiger partial charge in [0.2, 0.25) is 0 Å². The lowest BCUT2D eigenvalue weighted by molar-refractivity contribution is 1.16. The minimum Gasteiger partial charge on any atom is -0.0874 e. The van der Waals surface area contributed by atoms with Gasteiger partial charge in [-0.25, -0.2) is 0 Å². The van der Waals surface area contributed by atoms with Crippen LogP contribution >= 0.6 is 0 Å². The lowest BCUT2D eigenvalue weighted by Crippen LogP contribution is -1.90. The van der Waals surface area contributed by atoms with Crippen molar-refractivity contribution in [2.75, 3.05) is 0 Å². The van der Waals surface area contributed by atoms with Crippen molar-refractivity contribution in [2.45, 2.75) is 34.1 Å². The fourth-order valence-electron chi connectivity index (χ4n) is 1.62. The third-order valence-electron chi connectivity index (χ3n) is 2.73. The first-order valence-electron chi connectivity index (χ1n) is 5.51. The Morgan fingerprint density at radius 1 is 1.13 bits per heavy atom. The smallest absolute Gasteiger partial charge is 0.00291 e. The van der Waals surface area contributed by atoms with E-state index in [9.17, 15) is 0 Å². The monoisotopic (exact) mass is 200 g/mol. The van der Waals surface area contributed by atoms with Crippen LogP contribution in [0, 0.1) is 13.8 Å². The van der Waals surface area contributed by atoms with Gasteiger partial charge in [0.05, 0.1) is 0 Å². The van der Waals surface area contributed by atoms with Gasteiger partial charge in [-0.3, -0.25) is 0 Å². The van der Waals surface area contributed by atoms with E-state index in [2.05, 4.69) is 64.1 Å². The lowest BCUT2D eigenvalue weighted by atomic mass is 10.0. The molecule has 0 aliphatic carbocycles. The molecule has 0 aliphatic heterocycles. The summed E-state index contributed by atoms with van der Waals surface area (Å²) in [5.74, 6) is 0. The summed E-state index contributed by atoms with van der Waals surface area (Å²) in [5, 5.41) is 0. The van der Waals surface area contributed by atoms with Crippen LogP contribution in [0.2, 0.25) is 0 Å². The van der Waals surface area contributed by atoms with Crippen LogP contribution in [0.5, 0.6) is 0 Å². The Morgan fingerprint density at radius 3 is 2.40 bits per heavy atom. The van der Waals surface area contributed by atoms with E-state index in [1.165, 1.54) is 22.3 Å². The van der Waals surface area contributed by atoms with Crippen LogP contribution in [0.25, 0.3) is 0 Å². The normalized spacial score (nSPS) is 12.4. The summed E-state index contributed by atoms with van der Waals surface area (Å²) in [6.07, 6.45) is 7.47. The number of rotatable bonds is 3. The highest BCUT2D eigenvalue weighted by Crippen LogP contribution is 2.14. The van der Waals surface area contributed by atoms with E-state index < -0.39 is 0 Å². The fourth-order valence-corrected chi connectivity index (χ4v) is 1.62. The molecular formula is C15H20. The molecule has 1 aromatic carbocycles. The highest BCUT2D eigenvalue weighted by atomic mass is 14.0. The zero-order valence-electron chi connectivity index (χ0n) is 10.2. The Hall–Kier alpha value is -1.30. The predicted octanol–water partition coefficient (Wildman–Crippen LogP) is 4.37. The summed E-state index contributed by atoms with van der Waals surface area (Å²) in [6, 6.07) is 6.70. The Bertz CT molecular complexity index is 381. The highest BCUT2D eigenvalue weighted by Gasteiger charge is 1.98. The molecule has 0 N–H and O–H groups in total. The number of hydrogen-bond acceptors (Lipinski definition) is 0. The van der Waals surface area contributed by atoms with Crippen molar-refractivity contribution >= 4 is 0 Å². The first-order chi connectivity index (χ1) is 7.17. The van der Waals surface area contributed by atoms with E-state index in [0.29, 0.717) is 0 Å². The molecule has 0 aliphatic rings. The molecule has 0 aromatic heterocycles. The van der Waals surface area contributed by atoms with Crippen LogP contribution in [0.1, 0.15) is 30.5 Å². The van der Waals surface area contributed by atoms with Crippen LogP contribution < -0.4 is 0 Å². The predicted molar refractivity (Wildman–Crippen MR) is 68.2 cm³/mol. The second-order valence-corrected chi connectivity index (χ2v) is 3.96. The van der Waals surface area contributed by atoms with E-state index in [4.69, 9.17) is 0 Å². The molecule has 0 heterocycles.